The second-order valence-corrected chi connectivity index (χ2v) is 2.48. The van der Waals surface area contributed by atoms with E-state index in [1.807, 2.05) is 12.3 Å². The number of rotatable bonds is 1. The molecule has 0 bridgehead atoms. The summed E-state index contributed by atoms with van der Waals surface area (Å²) >= 11 is 1.49. The molecule has 0 unspecified atom stereocenters. The molecule has 0 aromatic carbocycles. The zero-order valence-electron chi connectivity index (χ0n) is 5.00. The van der Waals surface area contributed by atoms with E-state index in [-0.39, 0.29) is 19.0 Å². The van der Waals surface area contributed by atoms with E-state index in [1.165, 1.54) is 11.3 Å². The highest BCUT2D eigenvalue weighted by molar-refractivity contribution is 7.09. The van der Waals surface area contributed by atoms with Crippen LogP contribution in [0, 0.1) is 6.92 Å². The summed E-state index contributed by atoms with van der Waals surface area (Å²) < 4.78 is 0. The van der Waals surface area contributed by atoms with Gasteiger partial charge in [-0.15, -0.1) is 23.7 Å². The first-order chi connectivity index (χ1) is 3.83. The number of hydrogen-bond acceptors (Lipinski definition) is 3. The molecule has 1 N–H and O–H groups in total. The molecule has 0 saturated heterocycles. The van der Waals surface area contributed by atoms with Crippen LogP contribution >= 0.6 is 23.7 Å². The van der Waals surface area contributed by atoms with E-state index in [1.54, 1.807) is 0 Å². The average molecular weight is 166 g/mol. The first-order valence-electron chi connectivity index (χ1n) is 2.35. The molecule has 9 heavy (non-hydrogen) atoms. The zero-order chi connectivity index (χ0) is 5.98. The number of aliphatic hydroxyl groups is 1. The second-order valence-electron chi connectivity index (χ2n) is 1.54. The van der Waals surface area contributed by atoms with Crippen molar-refractivity contribution in [2.24, 2.45) is 0 Å². The van der Waals surface area contributed by atoms with Gasteiger partial charge in [0.05, 0.1) is 6.61 Å². The van der Waals surface area contributed by atoms with Gasteiger partial charge in [-0.2, -0.15) is 0 Å². The van der Waals surface area contributed by atoms with Crippen molar-refractivity contribution in [3.63, 3.8) is 0 Å². The lowest BCUT2D eigenvalue weighted by molar-refractivity contribution is 0.281. The SMILES string of the molecule is Cc1csc(CO)n1.Cl. The van der Waals surface area contributed by atoms with Crippen LogP contribution in [0.5, 0.6) is 0 Å². The maximum Gasteiger partial charge on any atom is 0.118 e. The quantitative estimate of drug-likeness (QED) is 0.682. The number of thiazole rings is 1. The molecule has 4 heteroatoms. The van der Waals surface area contributed by atoms with Gasteiger partial charge in [0, 0.05) is 11.1 Å². The lowest BCUT2D eigenvalue weighted by Crippen LogP contribution is -1.78. The van der Waals surface area contributed by atoms with Crippen LogP contribution in [-0.2, 0) is 6.61 Å². The highest BCUT2D eigenvalue weighted by Crippen LogP contribution is 2.06. The maximum absolute atomic E-state index is 8.50. The molecule has 52 valence electrons. The normalized spacial score (nSPS) is 8.67. The van der Waals surface area contributed by atoms with Gasteiger partial charge < -0.3 is 5.11 Å². The van der Waals surface area contributed by atoms with Crippen molar-refractivity contribution >= 4 is 23.7 Å². The van der Waals surface area contributed by atoms with E-state index >= 15 is 0 Å². The van der Waals surface area contributed by atoms with Gasteiger partial charge in [-0.05, 0) is 6.92 Å². The van der Waals surface area contributed by atoms with Gasteiger partial charge in [0.2, 0.25) is 0 Å². The topological polar surface area (TPSA) is 33.1 Å². The molecule has 0 aliphatic rings. The second kappa shape index (κ2) is 3.82. The Kier molecular flexibility index (Phi) is 3.77. The fourth-order valence-electron chi connectivity index (χ4n) is 0.475. The van der Waals surface area contributed by atoms with E-state index in [9.17, 15) is 0 Å². The smallest absolute Gasteiger partial charge is 0.118 e. The molecule has 0 aliphatic heterocycles. The van der Waals surface area contributed by atoms with Gasteiger partial charge in [0.25, 0.3) is 0 Å². The largest absolute Gasteiger partial charge is 0.389 e. The van der Waals surface area contributed by atoms with Crippen molar-refractivity contribution in [1.82, 2.24) is 4.98 Å². The minimum Gasteiger partial charge on any atom is -0.389 e. The number of aromatic nitrogens is 1. The molecule has 1 aromatic rings. The summed E-state index contributed by atoms with van der Waals surface area (Å²) in [4.78, 5) is 4.00. The van der Waals surface area contributed by atoms with E-state index in [4.69, 9.17) is 5.11 Å². The first-order valence-corrected chi connectivity index (χ1v) is 3.23. The van der Waals surface area contributed by atoms with E-state index in [0.29, 0.717) is 0 Å². The number of hydrogen-bond donors (Lipinski definition) is 1. The van der Waals surface area contributed by atoms with E-state index in [0.717, 1.165) is 10.7 Å². The Balaban J connectivity index is 0.000000640. The van der Waals surface area contributed by atoms with E-state index in [2.05, 4.69) is 4.98 Å². The minimum absolute atomic E-state index is 0. The molecule has 0 spiro atoms. The number of aliphatic hydroxyl groups excluding tert-OH is 1. The third kappa shape index (κ3) is 2.30. The Labute approximate surface area is 64.0 Å². The van der Waals surface area contributed by atoms with Gasteiger partial charge in [-0.1, -0.05) is 0 Å². The summed E-state index contributed by atoms with van der Waals surface area (Å²) in [6.07, 6.45) is 0. The first kappa shape index (κ1) is 8.88. The molecule has 0 atom stereocenters. The van der Waals surface area contributed by atoms with Crippen LogP contribution < -0.4 is 0 Å². The summed E-state index contributed by atoms with van der Waals surface area (Å²) in [5.41, 5.74) is 0.985. The van der Waals surface area contributed by atoms with Crippen LogP contribution in [0.2, 0.25) is 0 Å². The highest BCUT2D eigenvalue weighted by atomic mass is 35.5. The Morgan fingerprint density at radius 2 is 2.44 bits per heavy atom. The standard InChI is InChI=1S/C5H7NOS.ClH/c1-4-3-8-5(2-7)6-4;/h3,7H,2H2,1H3;1H. The number of aryl methyl sites for hydroxylation is 1. The lowest BCUT2D eigenvalue weighted by Gasteiger charge is -1.79. The zero-order valence-corrected chi connectivity index (χ0v) is 6.63. The predicted octanol–water partition coefficient (Wildman–Crippen LogP) is 1.37. The predicted molar refractivity (Wildman–Crippen MR) is 40.0 cm³/mol. The molecule has 0 fully saturated rings. The van der Waals surface area contributed by atoms with Crippen LogP contribution in [0.25, 0.3) is 0 Å². The van der Waals surface area contributed by atoms with Crippen molar-refractivity contribution in [3.8, 4) is 0 Å². The number of nitrogens with zero attached hydrogens (tertiary/aromatic N) is 1. The third-order valence-corrected chi connectivity index (χ3v) is 1.75. The van der Waals surface area contributed by atoms with Gasteiger partial charge in [-0.3, -0.25) is 0 Å². The maximum atomic E-state index is 8.50. The summed E-state index contributed by atoms with van der Waals surface area (Å²) in [5, 5.41) is 11.2. The van der Waals surface area contributed by atoms with Crippen molar-refractivity contribution in [1.29, 1.82) is 0 Å². The molecule has 0 aliphatic carbocycles. The summed E-state index contributed by atoms with van der Waals surface area (Å²) in [5.74, 6) is 0. The van der Waals surface area contributed by atoms with Crippen molar-refractivity contribution in [2.75, 3.05) is 0 Å². The Morgan fingerprint density at radius 3 is 2.67 bits per heavy atom. The molecule has 0 saturated carbocycles. The molecule has 1 rings (SSSR count). The molecular weight excluding hydrogens is 158 g/mol. The van der Waals surface area contributed by atoms with Crippen LogP contribution in [0.1, 0.15) is 10.7 Å². The van der Waals surface area contributed by atoms with E-state index < -0.39 is 0 Å². The third-order valence-electron chi connectivity index (χ3n) is 0.802. The van der Waals surface area contributed by atoms with Crippen molar-refractivity contribution in [2.45, 2.75) is 13.5 Å². The van der Waals surface area contributed by atoms with Gasteiger partial charge in [-0.25, -0.2) is 4.98 Å². The molecule has 0 radical (unpaired) electrons. The Hall–Kier alpha value is -0.120. The molecule has 0 amide bonds. The van der Waals surface area contributed by atoms with Gasteiger partial charge in [0.1, 0.15) is 5.01 Å². The Morgan fingerprint density at radius 1 is 1.78 bits per heavy atom. The van der Waals surface area contributed by atoms with Gasteiger partial charge in [0.15, 0.2) is 0 Å². The van der Waals surface area contributed by atoms with Crippen LogP contribution in [0.3, 0.4) is 0 Å². The van der Waals surface area contributed by atoms with Crippen LogP contribution in [-0.4, -0.2) is 10.1 Å². The number of halogens is 1. The molecule has 2 nitrogen and oxygen atoms in total. The van der Waals surface area contributed by atoms with Crippen molar-refractivity contribution < 1.29 is 5.11 Å². The van der Waals surface area contributed by atoms with Crippen molar-refractivity contribution in [3.05, 3.63) is 16.1 Å². The average Bonchev–Trinajstić information content (AvgIpc) is 2.14. The fraction of sp³-hybridized carbons (Fsp3) is 0.400. The minimum atomic E-state index is 0. The lowest BCUT2D eigenvalue weighted by atomic mass is 10.6. The van der Waals surface area contributed by atoms with Gasteiger partial charge >= 0.3 is 0 Å². The van der Waals surface area contributed by atoms with Crippen LogP contribution in [0.4, 0.5) is 0 Å². The molecular formula is C5H8ClNOS. The highest BCUT2D eigenvalue weighted by Gasteiger charge is 1.92. The summed E-state index contributed by atoms with van der Waals surface area (Å²) in [7, 11) is 0. The Bertz CT molecular complexity index is 177. The molecule has 1 aromatic heterocycles. The fourth-order valence-corrected chi connectivity index (χ4v) is 1.11. The monoisotopic (exact) mass is 165 g/mol. The summed E-state index contributed by atoms with van der Waals surface area (Å²) in [6.45, 7) is 1.98. The van der Waals surface area contributed by atoms with Crippen LogP contribution in [0.15, 0.2) is 5.38 Å². The summed E-state index contributed by atoms with van der Waals surface area (Å²) in [6, 6.07) is 0. The molecule has 1 heterocycles.